The van der Waals surface area contributed by atoms with E-state index in [2.05, 4.69) is 15.3 Å². The Balaban J connectivity index is 1.41. The van der Waals surface area contributed by atoms with Crippen LogP contribution in [-0.4, -0.2) is 41.7 Å². The number of furan rings is 1. The molecular formula is C22H19ClN4O4S. The lowest BCUT2D eigenvalue weighted by Gasteiger charge is -2.16. The summed E-state index contributed by atoms with van der Waals surface area (Å²) in [5, 5.41) is 2.95. The van der Waals surface area contributed by atoms with Gasteiger partial charge in [0.05, 0.1) is 32.8 Å². The van der Waals surface area contributed by atoms with Crippen molar-refractivity contribution in [2.45, 2.75) is 17.7 Å². The van der Waals surface area contributed by atoms with Gasteiger partial charge < -0.3 is 14.7 Å². The van der Waals surface area contributed by atoms with E-state index >= 15 is 0 Å². The van der Waals surface area contributed by atoms with Gasteiger partial charge in [0, 0.05) is 18.8 Å². The molecule has 10 heteroatoms. The number of nitrogens with one attached hydrogen (secondary N) is 2. The van der Waals surface area contributed by atoms with Gasteiger partial charge in [0.2, 0.25) is 10.0 Å². The van der Waals surface area contributed by atoms with Crippen molar-refractivity contribution in [1.29, 1.82) is 0 Å². The summed E-state index contributed by atoms with van der Waals surface area (Å²) in [6.07, 6.45) is 3.23. The molecule has 1 amide bonds. The van der Waals surface area contributed by atoms with E-state index in [1.807, 2.05) is 0 Å². The van der Waals surface area contributed by atoms with Crippen LogP contribution in [0.1, 0.15) is 23.2 Å². The van der Waals surface area contributed by atoms with E-state index in [4.69, 9.17) is 16.0 Å². The maximum absolute atomic E-state index is 12.9. The van der Waals surface area contributed by atoms with E-state index in [0.717, 1.165) is 12.8 Å². The quantitative estimate of drug-likeness (QED) is 0.446. The first-order chi connectivity index (χ1) is 15.4. The third-order valence-corrected chi connectivity index (χ3v) is 7.60. The minimum atomic E-state index is -3.66. The van der Waals surface area contributed by atoms with Gasteiger partial charge in [-0.25, -0.2) is 13.4 Å². The van der Waals surface area contributed by atoms with Crippen molar-refractivity contribution in [3.05, 3.63) is 65.4 Å². The summed E-state index contributed by atoms with van der Waals surface area (Å²) in [6, 6.07) is 13.0. The van der Waals surface area contributed by atoms with Crippen LogP contribution in [0.4, 0.5) is 5.69 Å². The average molecular weight is 471 g/mol. The van der Waals surface area contributed by atoms with Crippen LogP contribution in [0, 0.1) is 0 Å². The molecule has 4 aromatic rings. The van der Waals surface area contributed by atoms with E-state index in [1.54, 1.807) is 36.6 Å². The lowest BCUT2D eigenvalue weighted by atomic mass is 10.2. The Kier molecular flexibility index (Phi) is 5.24. The Labute approximate surface area is 189 Å². The van der Waals surface area contributed by atoms with Crippen LogP contribution >= 0.6 is 11.6 Å². The maximum atomic E-state index is 12.9. The number of hydrogen-bond donors (Lipinski definition) is 2. The van der Waals surface area contributed by atoms with Crippen molar-refractivity contribution in [2.75, 3.05) is 18.4 Å². The molecule has 0 aliphatic carbocycles. The van der Waals surface area contributed by atoms with Gasteiger partial charge in [-0.05, 0) is 61.4 Å². The molecule has 8 nitrogen and oxygen atoms in total. The van der Waals surface area contributed by atoms with Crippen LogP contribution < -0.4 is 5.32 Å². The van der Waals surface area contributed by atoms with Crippen LogP contribution in [0.3, 0.4) is 0 Å². The van der Waals surface area contributed by atoms with E-state index in [9.17, 15) is 13.2 Å². The van der Waals surface area contributed by atoms with Crippen molar-refractivity contribution < 1.29 is 17.6 Å². The summed E-state index contributed by atoms with van der Waals surface area (Å²) in [6.45, 7) is 0.966. The van der Waals surface area contributed by atoms with Gasteiger partial charge in [-0.1, -0.05) is 11.6 Å². The molecule has 5 rings (SSSR count). The zero-order chi connectivity index (χ0) is 22.3. The van der Waals surface area contributed by atoms with Crippen LogP contribution in [0.5, 0.6) is 0 Å². The highest BCUT2D eigenvalue weighted by molar-refractivity contribution is 7.89. The number of aromatic amines is 1. The number of imidazole rings is 1. The molecule has 0 unspecified atom stereocenters. The van der Waals surface area contributed by atoms with Gasteiger partial charge in [0.15, 0.2) is 11.6 Å². The minimum absolute atomic E-state index is 0.0565. The second kappa shape index (κ2) is 8.09. The Morgan fingerprint density at radius 3 is 2.69 bits per heavy atom. The zero-order valence-electron chi connectivity index (χ0n) is 16.8. The number of nitrogens with zero attached hydrogens (tertiary/aromatic N) is 2. The highest BCUT2D eigenvalue weighted by Crippen LogP contribution is 2.27. The van der Waals surface area contributed by atoms with Gasteiger partial charge in [0.1, 0.15) is 0 Å². The topological polar surface area (TPSA) is 108 Å². The fraction of sp³-hybridized carbons (Fsp3) is 0.182. The van der Waals surface area contributed by atoms with E-state index < -0.39 is 15.9 Å². The van der Waals surface area contributed by atoms with E-state index in [1.165, 1.54) is 22.5 Å². The number of aromatic nitrogens is 2. The summed E-state index contributed by atoms with van der Waals surface area (Å²) in [5.74, 6) is 0.685. The first kappa shape index (κ1) is 20.7. The number of fused-ring (bicyclic) bond motifs is 1. The first-order valence-corrected chi connectivity index (χ1v) is 11.9. The van der Waals surface area contributed by atoms with Gasteiger partial charge in [-0.3, -0.25) is 4.79 Å². The normalized spacial score (nSPS) is 14.8. The average Bonchev–Trinajstić information content (AvgIpc) is 3.55. The summed E-state index contributed by atoms with van der Waals surface area (Å²) in [7, 11) is -3.66. The summed E-state index contributed by atoms with van der Waals surface area (Å²) >= 11 is 6.23. The molecule has 32 heavy (non-hydrogen) atoms. The Morgan fingerprint density at radius 1 is 1.12 bits per heavy atom. The molecule has 2 N–H and O–H groups in total. The number of benzene rings is 2. The molecule has 0 saturated carbocycles. The summed E-state index contributed by atoms with van der Waals surface area (Å²) < 4.78 is 32.5. The number of halogens is 1. The number of hydrogen-bond acceptors (Lipinski definition) is 5. The molecule has 1 aliphatic heterocycles. The molecule has 0 spiro atoms. The number of anilines is 1. The van der Waals surface area contributed by atoms with Crippen molar-refractivity contribution in [1.82, 2.24) is 14.3 Å². The lowest BCUT2D eigenvalue weighted by Crippen LogP contribution is -2.28. The highest BCUT2D eigenvalue weighted by Gasteiger charge is 2.28. The third-order valence-electron chi connectivity index (χ3n) is 5.38. The van der Waals surface area contributed by atoms with Crippen LogP contribution in [0.25, 0.3) is 22.6 Å². The predicted octanol–water partition coefficient (Wildman–Crippen LogP) is 4.51. The molecule has 3 heterocycles. The fourth-order valence-electron chi connectivity index (χ4n) is 3.73. The number of amides is 1. The number of carbonyl (C=O) groups excluding carboxylic acids is 1. The highest BCUT2D eigenvalue weighted by atomic mass is 35.5. The smallest absolute Gasteiger partial charge is 0.257 e. The minimum Gasteiger partial charge on any atom is -0.461 e. The number of carbonyl (C=O) groups is 1. The molecule has 1 saturated heterocycles. The molecule has 2 aromatic heterocycles. The third kappa shape index (κ3) is 3.79. The molecule has 2 aromatic carbocycles. The fourth-order valence-corrected chi connectivity index (χ4v) is 5.48. The van der Waals surface area contributed by atoms with Crippen molar-refractivity contribution >= 4 is 44.3 Å². The second-order valence-electron chi connectivity index (χ2n) is 7.50. The maximum Gasteiger partial charge on any atom is 0.257 e. The molecule has 1 fully saturated rings. The predicted molar refractivity (Wildman–Crippen MR) is 121 cm³/mol. The summed E-state index contributed by atoms with van der Waals surface area (Å²) in [5.41, 5.74) is 2.03. The molecule has 0 radical (unpaired) electrons. The van der Waals surface area contributed by atoms with Gasteiger partial charge in [-0.15, -0.1) is 0 Å². The van der Waals surface area contributed by atoms with Crippen LogP contribution in [-0.2, 0) is 10.0 Å². The van der Waals surface area contributed by atoms with E-state index in [-0.39, 0.29) is 15.5 Å². The largest absolute Gasteiger partial charge is 0.461 e. The molecule has 1 aliphatic rings. The number of sulfonamides is 1. The van der Waals surface area contributed by atoms with Crippen molar-refractivity contribution in [3.63, 3.8) is 0 Å². The van der Waals surface area contributed by atoms with Crippen LogP contribution in [0.15, 0.2) is 64.1 Å². The van der Waals surface area contributed by atoms with E-state index in [0.29, 0.717) is 41.4 Å². The van der Waals surface area contributed by atoms with Crippen molar-refractivity contribution in [2.24, 2.45) is 0 Å². The van der Waals surface area contributed by atoms with Crippen molar-refractivity contribution in [3.8, 4) is 11.6 Å². The zero-order valence-corrected chi connectivity index (χ0v) is 18.4. The monoisotopic (exact) mass is 470 g/mol. The van der Waals surface area contributed by atoms with Crippen LogP contribution in [0.2, 0.25) is 5.02 Å². The molecule has 0 atom stereocenters. The Morgan fingerprint density at radius 2 is 1.94 bits per heavy atom. The summed E-state index contributed by atoms with van der Waals surface area (Å²) in [4.78, 5) is 20.6. The standard InChI is InChI=1S/C22H19ClN4O4S/c23-17-7-6-15(32(29,30)27-9-1-2-10-27)13-16(17)22(28)24-14-5-8-18-19(12-14)26-21(25-18)20-4-3-11-31-20/h3-8,11-13H,1-2,9-10H2,(H,24,28)(H,25,26). The Hall–Kier alpha value is -3.14. The van der Waals surface area contributed by atoms with Gasteiger partial charge >= 0.3 is 0 Å². The molecule has 0 bridgehead atoms. The SMILES string of the molecule is O=C(Nc1ccc2nc(-c3ccco3)[nH]c2c1)c1cc(S(=O)(=O)N2CCCC2)ccc1Cl. The number of rotatable bonds is 5. The van der Waals surface area contributed by atoms with Gasteiger partial charge in [0.25, 0.3) is 5.91 Å². The molecule has 164 valence electrons. The van der Waals surface area contributed by atoms with Gasteiger partial charge in [-0.2, -0.15) is 4.31 Å². The molecular weight excluding hydrogens is 452 g/mol. The lowest BCUT2D eigenvalue weighted by molar-refractivity contribution is 0.102. The second-order valence-corrected chi connectivity index (χ2v) is 9.85. The first-order valence-electron chi connectivity index (χ1n) is 10.1. The Bertz CT molecular complexity index is 1410. The number of H-pyrrole nitrogens is 1.